The molecule has 13 heteroatoms. The fourth-order valence-corrected chi connectivity index (χ4v) is 5.36. The van der Waals surface area contributed by atoms with Gasteiger partial charge < -0.3 is 34.1 Å². The van der Waals surface area contributed by atoms with E-state index in [0.717, 1.165) is 6.20 Å². The van der Waals surface area contributed by atoms with E-state index >= 15 is 0 Å². The molecule has 10 nitrogen and oxygen atoms in total. The van der Waals surface area contributed by atoms with Crippen molar-refractivity contribution in [3.05, 3.63) is 62.8 Å². The number of carbonyl (C=O) groups excluding carboxylic acids is 2. The normalized spacial score (nSPS) is 26.4. The van der Waals surface area contributed by atoms with Gasteiger partial charge in [0.15, 0.2) is 17.2 Å². The summed E-state index contributed by atoms with van der Waals surface area (Å²) in [5.74, 6) is -7.36. The van der Waals surface area contributed by atoms with Gasteiger partial charge in [0.25, 0.3) is 11.8 Å². The van der Waals surface area contributed by atoms with Crippen molar-refractivity contribution in [2.75, 3.05) is 26.9 Å². The number of nitrogens with one attached hydrogen (secondary N) is 1. The number of carbonyl (C=O) groups is 2. The van der Waals surface area contributed by atoms with E-state index in [1.54, 1.807) is 0 Å². The summed E-state index contributed by atoms with van der Waals surface area (Å²) in [7, 11) is 1.52. The van der Waals surface area contributed by atoms with Gasteiger partial charge in [0.05, 0.1) is 13.2 Å². The van der Waals surface area contributed by atoms with E-state index in [1.165, 1.54) is 16.6 Å². The molecule has 0 saturated carbocycles. The Hall–Kier alpha value is -3.42. The first-order valence-electron chi connectivity index (χ1n) is 12.1. The molecule has 204 valence electrons. The zero-order chi connectivity index (χ0) is 27.4. The number of hydrogen-bond acceptors (Lipinski definition) is 7. The lowest BCUT2D eigenvalue weighted by atomic mass is 9.99. The van der Waals surface area contributed by atoms with E-state index in [4.69, 9.17) is 14.2 Å². The van der Waals surface area contributed by atoms with Crippen LogP contribution in [0.15, 0.2) is 23.1 Å². The van der Waals surface area contributed by atoms with Crippen LogP contribution in [0.2, 0.25) is 0 Å². The Labute approximate surface area is 214 Å². The van der Waals surface area contributed by atoms with Gasteiger partial charge in [0.1, 0.15) is 35.2 Å². The zero-order valence-corrected chi connectivity index (χ0v) is 20.6. The van der Waals surface area contributed by atoms with E-state index in [0.29, 0.717) is 25.0 Å². The van der Waals surface area contributed by atoms with Crippen molar-refractivity contribution >= 4 is 11.8 Å². The molecule has 1 aromatic carbocycles. The average molecular weight is 537 g/mol. The lowest BCUT2D eigenvalue weighted by molar-refractivity contribution is -0.205. The van der Waals surface area contributed by atoms with Crippen LogP contribution in [0.25, 0.3) is 0 Å². The fourth-order valence-electron chi connectivity index (χ4n) is 5.36. The molecule has 3 aliphatic rings. The maximum absolute atomic E-state index is 14.0. The van der Waals surface area contributed by atoms with Crippen LogP contribution in [-0.2, 0) is 20.8 Å². The van der Waals surface area contributed by atoms with E-state index in [-0.39, 0.29) is 37.6 Å². The van der Waals surface area contributed by atoms with Gasteiger partial charge in [-0.3, -0.25) is 14.4 Å². The first-order chi connectivity index (χ1) is 18.1. The minimum absolute atomic E-state index is 0.127. The molecule has 5 rings (SSSR count). The molecular weight excluding hydrogens is 511 g/mol. The van der Waals surface area contributed by atoms with Crippen molar-refractivity contribution in [3.63, 3.8) is 0 Å². The van der Waals surface area contributed by atoms with Crippen LogP contribution in [0.4, 0.5) is 13.2 Å². The summed E-state index contributed by atoms with van der Waals surface area (Å²) in [4.78, 5) is 40.8. The van der Waals surface area contributed by atoms with Crippen LogP contribution >= 0.6 is 0 Å². The number of fused-ring (bicyclic) bond motifs is 5. The Morgan fingerprint density at radius 1 is 1.26 bits per heavy atom. The molecule has 38 heavy (non-hydrogen) atoms. The predicted octanol–water partition coefficient (Wildman–Crippen LogP) is 1.84. The maximum atomic E-state index is 14.0. The van der Waals surface area contributed by atoms with Gasteiger partial charge in [0.2, 0.25) is 5.43 Å². The molecule has 4 heterocycles. The number of amides is 2. The number of aromatic hydroxyl groups is 1. The van der Waals surface area contributed by atoms with Crippen LogP contribution in [0.3, 0.4) is 0 Å². The highest BCUT2D eigenvalue weighted by Crippen LogP contribution is 2.45. The summed E-state index contributed by atoms with van der Waals surface area (Å²) in [5, 5.41) is 13.0. The third kappa shape index (κ3) is 4.24. The molecule has 2 bridgehead atoms. The van der Waals surface area contributed by atoms with Crippen molar-refractivity contribution in [2.24, 2.45) is 0 Å². The van der Waals surface area contributed by atoms with Gasteiger partial charge in [-0.05, 0) is 13.3 Å². The highest BCUT2D eigenvalue weighted by atomic mass is 19.1. The first-order valence-corrected chi connectivity index (χ1v) is 12.1. The minimum atomic E-state index is -1.22. The fraction of sp³-hybridized carbons (Fsp3) is 0.480. The van der Waals surface area contributed by atoms with Gasteiger partial charge in [-0.2, -0.15) is 0 Å². The van der Waals surface area contributed by atoms with E-state index in [2.05, 4.69) is 5.32 Å². The van der Waals surface area contributed by atoms with Crippen molar-refractivity contribution in [1.29, 1.82) is 0 Å². The van der Waals surface area contributed by atoms with Gasteiger partial charge in [-0.1, -0.05) is 0 Å². The number of nitrogens with zero attached hydrogens (tertiary/aromatic N) is 2. The van der Waals surface area contributed by atoms with Gasteiger partial charge in [-0.25, -0.2) is 13.2 Å². The van der Waals surface area contributed by atoms with Crippen LogP contribution in [0, 0.1) is 17.5 Å². The number of rotatable bonds is 5. The van der Waals surface area contributed by atoms with Crippen molar-refractivity contribution in [3.8, 4) is 5.75 Å². The highest BCUT2D eigenvalue weighted by Gasteiger charge is 2.55. The molecule has 2 aromatic rings. The molecule has 2 amide bonds. The number of ether oxygens (including phenoxy) is 3. The number of methoxy groups -OCH3 is 1. The highest BCUT2D eigenvalue weighted by molar-refractivity contribution is 5.99. The summed E-state index contributed by atoms with van der Waals surface area (Å²) in [6.07, 6.45) is 1.64. The molecular formula is C25H26F3N3O7. The third-order valence-corrected chi connectivity index (χ3v) is 7.34. The number of halogens is 3. The number of aromatic nitrogens is 1. The number of benzene rings is 1. The quantitative estimate of drug-likeness (QED) is 0.598. The largest absolute Gasteiger partial charge is 0.503 e. The van der Waals surface area contributed by atoms with Crippen molar-refractivity contribution in [2.45, 2.75) is 50.3 Å². The Morgan fingerprint density at radius 3 is 2.66 bits per heavy atom. The molecule has 1 spiro atoms. The minimum Gasteiger partial charge on any atom is -0.503 e. The van der Waals surface area contributed by atoms with Gasteiger partial charge in [0, 0.05) is 56.6 Å². The van der Waals surface area contributed by atoms with Crippen molar-refractivity contribution in [1.82, 2.24) is 14.8 Å². The average Bonchev–Trinajstić information content (AvgIpc) is 3.22. The molecule has 0 radical (unpaired) electrons. The molecule has 2 saturated heterocycles. The summed E-state index contributed by atoms with van der Waals surface area (Å²) < 4.78 is 60.2. The lowest BCUT2D eigenvalue weighted by Gasteiger charge is -2.42. The van der Waals surface area contributed by atoms with Crippen LogP contribution in [0.1, 0.15) is 52.2 Å². The standard InChI is InChI=1S/C25H26F3N3O7/c1-12-3-4-25(37-11-14(38-25)10-36-2)19-9-30(12)24(35)20-22(33)21(32)16(8-31(19)20)23(34)29-7-15-17(27)5-13(26)6-18(15)28/h5-6,8,12,14,19,33H,3-4,7,9-11H2,1-2H3,(H,29,34)/t12-,14-,19+,25+/m0/s1. The second-order valence-corrected chi connectivity index (χ2v) is 9.69. The molecule has 0 aliphatic carbocycles. The third-order valence-electron chi connectivity index (χ3n) is 7.34. The SMILES string of the molecule is COC[C@H]1CO[C@]2(CC[C@H](C)N3C[C@H]2n2cc(C(=O)NCc4c(F)cc(F)cc4F)c(=O)c(O)c2C3=O)O1. The monoisotopic (exact) mass is 537 g/mol. The Kier molecular flexibility index (Phi) is 6.70. The first kappa shape index (κ1) is 26.2. The maximum Gasteiger partial charge on any atom is 0.274 e. The second-order valence-electron chi connectivity index (χ2n) is 9.69. The predicted molar refractivity (Wildman–Crippen MR) is 124 cm³/mol. The van der Waals surface area contributed by atoms with Gasteiger partial charge in [-0.15, -0.1) is 0 Å². The Bertz CT molecular complexity index is 1340. The van der Waals surface area contributed by atoms with Crippen LogP contribution in [0.5, 0.6) is 5.75 Å². The van der Waals surface area contributed by atoms with E-state index in [1.807, 2.05) is 6.92 Å². The second kappa shape index (κ2) is 9.71. The van der Waals surface area contributed by atoms with Crippen LogP contribution < -0.4 is 10.7 Å². The Morgan fingerprint density at radius 2 is 1.97 bits per heavy atom. The molecule has 0 unspecified atom stereocenters. The Balaban J connectivity index is 1.53. The molecule has 2 N–H and O–H groups in total. The summed E-state index contributed by atoms with van der Waals surface area (Å²) >= 11 is 0. The molecule has 1 aromatic heterocycles. The molecule has 2 fully saturated rings. The molecule has 3 aliphatic heterocycles. The summed E-state index contributed by atoms with van der Waals surface area (Å²) in [6.45, 7) is 1.76. The smallest absolute Gasteiger partial charge is 0.274 e. The van der Waals surface area contributed by atoms with E-state index in [9.17, 15) is 32.7 Å². The zero-order valence-electron chi connectivity index (χ0n) is 20.6. The number of pyridine rings is 1. The van der Waals surface area contributed by atoms with Crippen LogP contribution in [-0.4, -0.2) is 71.2 Å². The lowest BCUT2D eigenvalue weighted by Crippen LogP contribution is -2.53. The summed E-state index contributed by atoms with van der Waals surface area (Å²) in [5.41, 5.74) is -2.61. The molecule has 4 atom stereocenters. The van der Waals surface area contributed by atoms with Crippen molar-refractivity contribution < 1.29 is 42.1 Å². The van der Waals surface area contributed by atoms with E-state index < -0.39 is 69.9 Å². The topological polar surface area (TPSA) is 119 Å². The number of hydrogen-bond donors (Lipinski definition) is 2. The summed E-state index contributed by atoms with van der Waals surface area (Å²) in [6, 6.07) is -0.0456. The van der Waals surface area contributed by atoms with Gasteiger partial charge >= 0.3 is 0 Å².